The van der Waals surface area contributed by atoms with Crippen LogP contribution in [0.4, 0.5) is 0 Å². The van der Waals surface area contributed by atoms with Crippen molar-refractivity contribution in [3.05, 3.63) is 23.8 Å². The molecule has 0 radical (unpaired) electrons. The molecule has 1 saturated heterocycles. The normalized spacial score (nSPS) is 16.5. The molecule has 1 aliphatic heterocycles. The Bertz CT molecular complexity index is 482. The van der Waals surface area contributed by atoms with Crippen molar-refractivity contribution in [1.82, 2.24) is 10.2 Å². The molecule has 21 heavy (non-hydrogen) atoms. The Morgan fingerprint density at radius 2 is 2.05 bits per heavy atom. The molecule has 1 aromatic rings. The number of hydrogen-bond donors (Lipinski definition) is 1. The molecule has 1 amide bonds. The quantitative estimate of drug-likeness (QED) is 0.901. The highest BCUT2D eigenvalue weighted by Crippen LogP contribution is 2.28. The van der Waals surface area contributed by atoms with Crippen LogP contribution in [0.3, 0.4) is 0 Å². The molecular weight excluding hydrogens is 268 g/mol. The zero-order valence-corrected chi connectivity index (χ0v) is 13.0. The lowest BCUT2D eigenvalue weighted by Crippen LogP contribution is -2.43. The van der Waals surface area contributed by atoms with Crippen molar-refractivity contribution in [2.45, 2.75) is 25.8 Å². The summed E-state index contributed by atoms with van der Waals surface area (Å²) >= 11 is 0. The van der Waals surface area contributed by atoms with E-state index in [1.54, 1.807) is 25.3 Å². The Morgan fingerprint density at radius 3 is 2.67 bits per heavy atom. The van der Waals surface area contributed by atoms with Crippen LogP contribution in [0.2, 0.25) is 0 Å². The maximum absolute atomic E-state index is 12.3. The van der Waals surface area contributed by atoms with E-state index in [0.717, 1.165) is 25.9 Å². The summed E-state index contributed by atoms with van der Waals surface area (Å²) in [5.41, 5.74) is 0.606. The second-order valence-corrected chi connectivity index (χ2v) is 5.35. The van der Waals surface area contributed by atoms with Gasteiger partial charge in [-0.3, -0.25) is 4.79 Å². The van der Waals surface area contributed by atoms with Gasteiger partial charge in [0.25, 0.3) is 5.91 Å². The van der Waals surface area contributed by atoms with Crippen LogP contribution in [-0.4, -0.2) is 50.7 Å². The predicted octanol–water partition coefficient (Wildman–Crippen LogP) is 1.92. The molecular formula is C16H24N2O3. The van der Waals surface area contributed by atoms with E-state index >= 15 is 0 Å². The Balaban J connectivity index is 2.02. The average Bonchev–Trinajstić information content (AvgIpc) is 2.50. The van der Waals surface area contributed by atoms with E-state index in [1.807, 2.05) is 6.92 Å². The summed E-state index contributed by atoms with van der Waals surface area (Å²) in [5, 5.41) is 3.10. The number of piperidine rings is 1. The van der Waals surface area contributed by atoms with Gasteiger partial charge < -0.3 is 19.7 Å². The summed E-state index contributed by atoms with van der Waals surface area (Å²) in [6.45, 7) is 4.53. The van der Waals surface area contributed by atoms with Crippen LogP contribution in [-0.2, 0) is 0 Å². The molecule has 0 atom stereocenters. The van der Waals surface area contributed by atoms with Crippen LogP contribution in [0, 0.1) is 0 Å². The van der Waals surface area contributed by atoms with Crippen LogP contribution >= 0.6 is 0 Å². The molecule has 0 unspecified atom stereocenters. The molecule has 2 rings (SSSR count). The number of nitrogens with zero attached hydrogens (tertiary/aromatic N) is 1. The SMILES string of the molecule is CCOc1ccc(C(=O)NC2CCN(C)CC2)cc1OC. The van der Waals surface area contributed by atoms with E-state index < -0.39 is 0 Å². The summed E-state index contributed by atoms with van der Waals surface area (Å²) in [7, 11) is 3.69. The van der Waals surface area contributed by atoms with Crippen LogP contribution in [0.25, 0.3) is 0 Å². The van der Waals surface area contributed by atoms with Gasteiger partial charge in [-0.15, -0.1) is 0 Å². The molecule has 5 heteroatoms. The topological polar surface area (TPSA) is 50.8 Å². The molecule has 1 heterocycles. The molecule has 0 saturated carbocycles. The molecule has 0 aromatic heterocycles. The second-order valence-electron chi connectivity index (χ2n) is 5.35. The Labute approximate surface area is 126 Å². The molecule has 116 valence electrons. The fraction of sp³-hybridized carbons (Fsp3) is 0.562. The number of benzene rings is 1. The van der Waals surface area contributed by atoms with Crippen molar-refractivity contribution < 1.29 is 14.3 Å². The third kappa shape index (κ3) is 4.11. The largest absolute Gasteiger partial charge is 0.493 e. The third-order valence-electron chi connectivity index (χ3n) is 3.78. The monoisotopic (exact) mass is 292 g/mol. The maximum Gasteiger partial charge on any atom is 0.251 e. The summed E-state index contributed by atoms with van der Waals surface area (Å²) in [5.74, 6) is 1.20. The number of methoxy groups -OCH3 is 1. The van der Waals surface area contributed by atoms with E-state index in [1.165, 1.54) is 0 Å². The minimum atomic E-state index is -0.0501. The first-order valence-corrected chi connectivity index (χ1v) is 7.44. The highest BCUT2D eigenvalue weighted by molar-refractivity contribution is 5.95. The predicted molar refractivity (Wildman–Crippen MR) is 82.1 cm³/mol. The summed E-state index contributed by atoms with van der Waals surface area (Å²) in [6, 6.07) is 5.55. The van der Waals surface area contributed by atoms with Crippen molar-refractivity contribution >= 4 is 5.91 Å². The van der Waals surface area contributed by atoms with Gasteiger partial charge in [0, 0.05) is 11.6 Å². The summed E-state index contributed by atoms with van der Waals surface area (Å²) in [6.07, 6.45) is 1.99. The lowest BCUT2D eigenvalue weighted by atomic mass is 10.0. The first-order chi connectivity index (χ1) is 10.1. The molecule has 1 fully saturated rings. The Kier molecular flexibility index (Phi) is 5.44. The Hall–Kier alpha value is -1.75. The van der Waals surface area contributed by atoms with Crippen molar-refractivity contribution in [2.24, 2.45) is 0 Å². The standard InChI is InChI=1S/C16H24N2O3/c1-4-21-14-6-5-12(11-15(14)20-3)16(19)17-13-7-9-18(2)10-8-13/h5-6,11,13H,4,7-10H2,1-3H3,(H,17,19). The van der Waals surface area contributed by atoms with Crippen LogP contribution in [0.5, 0.6) is 11.5 Å². The number of likely N-dealkylation sites (tertiary alicyclic amines) is 1. The molecule has 0 bridgehead atoms. The van der Waals surface area contributed by atoms with Gasteiger partial charge >= 0.3 is 0 Å². The van der Waals surface area contributed by atoms with Crippen molar-refractivity contribution in [2.75, 3.05) is 33.9 Å². The number of carbonyl (C=O) groups is 1. The van der Waals surface area contributed by atoms with Gasteiger partial charge in [0.1, 0.15) is 0 Å². The summed E-state index contributed by atoms with van der Waals surface area (Å²) < 4.78 is 10.7. The van der Waals surface area contributed by atoms with Crippen LogP contribution in [0.15, 0.2) is 18.2 Å². The molecule has 1 aromatic carbocycles. The first kappa shape index (κ1) is 15.6. The van der Waals surface area contributed by atoms with Crippen LogP contribution < -0.4 is 14.8 Å². The minimum Gasteiger partial charge on any atom is -0.493 e. The maximum atomic E-state index is 12.3. The van der Waals surface area contributed by atoms with Crippen molar-refractivity contribution in [3.8, 4) is 11.5 Å². The number of hydrogen-bond acceptors (Lipinski definition) is 4. The number of carbonyl (C=O) groups excluding carboxylic acids is 1. The average molecular weight is 292 g/mol. The highest BCUT2D eigenvalue weighted by atomic mass is 16.5. The Morgan fingerprint density at radius 1 is 1.33 bits per heavy atom. The molecule has 1 N–H and O–H groups in total. The molecule has 0 aliphatic carbocycles. The van der Waals surface area contributed by atoms with Gasteiger partial charge in [0.05, 0.1) is 13.7 Å². The van der Waals surface area contributed by atoms with Gasteiger partial charge in [-0.05, 0) is 58.1 Å². The van der Waals surface area contributed by atoms with E-state index in [4.69, 9.17) is 9.47 Å². The number of rotatable bonds is 5. The van der Waals surface area contributed by atoms with Gasteiger partial charge in [-0.25, -0.2) is 0 Å². The first-order valence-electron chi connectivity index (χ1n) is 7.44. The number of ether oxygens (including phenoxy) is 2. The fourth-order valence-corrected chi connectivity index (χ4v) is 2.51. The van der Waals surface area contributed by atoms with Gasteiger partial charge in [0.15, 0.2) is 11.5 Å². The van der Waals surface area contributed by atoms with Gasteiger partial charge in [0.2, 0.25) is 0 Å². The van der Waals surface area contributed by atoms with E-state index in [9.17, 15) is 4.79 Å². The van der Waals surface area contributed by atoms with E-state index in [-0.39, 0.29) is 11.9 Å². The molecule has 1 aliphatic rings. The minimum absolute atomic E-state index is 0.0501. The van der Waals surface area contributed by atoms with Gasteiger partial charge in [-0.1, -0.05) is 0 Å². The van der Waals surface area contributed by atoms with Crippen molar-refractivity contribution in [3.63, 3.8) is 0 Å². The molecule has 5 nitrogen and oxygen atoms in total. The third-order valence-corrected chi connectivity index (χ3v) is 3.78. The smallest absolute Gasteiger partial charge is 0.251 e. The fourth-order valence-electron chi connectivity index (χ4n) is 2.51. The lowest BCUT2D eigenvalue weighted by molar-refractivity contribution is 0.0916. The summed E-state index contributed by atoms with van der Waals surface area (Å²) in [4.78, 5) is 14.6. The lowest BCUT2D eigenvalue weighted by Gasteiger charge is -2.29. The van der Waals surface area contributed by atoms with E-state index in [0.29, 0.717) is 23.7 Å². The van der Waals surface area contributed by atoms with Crippen LogP contribution in [0.1, 0.15) is 30.1 Å². The van der Waals surface area contributed by atoms with Crippen molar-refractivity contribution in [1.29, 1.82) is 0 Å². The number of amides is 1. The zero-order valence-electron chi connectivity index (χ0n) is 13.0. The molecule has 0 spiro atoms. The van der Waals surface area contributed by atoms with E-state index in [2.05, 4.69) is 17.3 Å². The highest BCUT2D eigenvalue weighted by Gasteiger charge is 2.19. The number of nitrogens with one attached hydrogen (secondary N) is 1. The zero-order chi connectivity index (χ0) is 15.2. The van der Waals surface area contributed by atoms with Gasteiger partial charge in [-0.2, -0.15) is 0 Å². The second kappa shape index (κ2) is 7.31.